The van der Waals surface area contributed by atoms with Gasteiger partial charge in [0.15, 0.2) is 4.96 Å². The van der Waals surface area contributed by atoms with Gasteiger partial charge in [-0.2, -0.15) is 0 Å². The summed E-state index contributed by atoms with van der Waals surface area (Å²) in [5.74, 6) is 0. The summed E-state index contributed by atoms with van der Waals surface area (Å²) in [5.41, 5.74) is 1.14. The number of likely N-dealkylation sites (N-methyl/N-ethyl adjacent to an activating group) is 2. The average molecular weight is 224 g/mol. The molecule has 2 rings (SSSR count). The number of hydrogen-bond donors (Lipinski definition) is 1. The van der Waals surface area contributed by atoms with E-state index >= 15 is 0 Å². The highest BCUT2D eigenvalue weighted by Crippen LogP contribution is 2.12. The highest BCUT2D eigenvalue weighted by atomic mass is 32.1. The second-order valence-electron chi connectivity index (χ2n) is 3.67. The van der Waals surface area contributed by atoms with E-state index in [2.05, 4.69) is 38.2 Å². The zero-order valence-electron chi connectivity index (χ0n) is 9.10. The Morgan fingerprint density at radius 2 is 2.47 bits per heavy atom. The van der Waals surface area contributed by atoms with Crippen LogP contribution in [-0.4, -0.2) is 41.5 Å². The Morgan fingerprint density at radius 1 is 1.60 bits per heavy atom. The van der Waals surface area contributed by atoms with Gasteiger partial charge in [0.2, 0.25) is 0 Å². The molecule has 5 heteroatoms. The minimum atomic E-state index is 0.913. The van der Waals surface area contributed by atoms with Crippen molar-refractivity contribution in [3.05, 3.63) is 23.5 Å². The summed E-state index contributed by atoms with van der Waals surface area (Å²) >= 11 is 1.67. The molecule has 0 aliphatic heterocycles. The Morgan fingerprint density at radius 3 is 3.20 bits per heavy atom. The van der Waals surface area contributed by atoms with Crippen LogP contribution in [0.2, 0.25) is 0 Å². The molecule has 0 aliphatic carbocycles. The second kappa shape index (κ2) is 4.74. The van der Waals surface area contributed by atoms with Gasteiger partial charge in [-0.3, -0.25) is 9.30 Å². The molecule has 2 aromatic heterocycles. The molecule has 0 fully saturated rings. The van der Waals surface area contributed by atoms with Crippen molar-refractivity contribution in [1.29, 1.82) is 0 Å². The van der Waals surface area contributed by atoms with Crippen LogP contribution < -0.4 is 5.32 Å². The summed E-state index contributed by atoms with van der Waals surface area (Å²) in [6, 6.07) is 0. The van der Waals surface area contributed by atoms with Crippen LogP contribution in [0.1, 0.15) is 5.69 Å². The van der Waals surface area contributed by atoms with Crippen LogP contribution in [0.5, 0.6) is 0 Å². The molecule has 2 aromatic rings. The smallest absolute Gasteiger partial charge is 0.193 e. The average Bonchev–Trinajstić information content (AvgIpc) is 2.74. The number of nitrogens with zero attached hydrogens (tertiary/aromatic N) is 3. The maximum Gasteiger partial charge on any atom is 0.193 e. The molecule has 0 unspecified atom stereocenters. The molecule has 0 amide bonds. The maximum atomic E-state index is 4.54. The SMILES string of the molecule is CNCCN(C)Cc1cn2ccsc2n1. The van der Waals surface area contributed by atoms with Crippen molar-refractivity contribution in [2.75, 3.05) is 27.2 Å². The Labute approximate surface area is 93.5 Å². The fourth-order valence-electron chi connectivity index (χ4n) is 1.51. The lowest BCUT2D eigenvalue weighted by molar-refractivity contribution is 0.325. The van der Waals surface area contributed by atoms with Crippen molar-refractivity contribution in [1.82, 2.24) is 19.6 Å². The van der Waals surface area contributed by atoms with Crippen LogP contribution in [0, 0.1) is 0 Å². The minimum Gasteiger partial charge on any atom is -0.318 e. The standard InChI is InChI=1S/C10H16N4S/c1-11-3-4-13(2)7-9-8-14-5-6-15-10(14)12-9/h5-6,8,11H,3-4,7H2,1-2H3. The van der Waals surface area contributed by atoms with E-state index in [0.717, 1.165) is 30.3 Å². The molecule has 0 saturated heterocycles. The van der Waals surface area contributed by atoms with Gasteiger partial charge < -0.3 is 5.32 Å². The van der Waals surface area contributed by atoms with E-state index in [1.54, 1.807) is 11.3 Å². The van der Waals surface area contributed by atoms with E-state index in [4.69, 9.17) is 0 Å². The van der Waals surface area contributed by atoms with Gasteiger partial charge in [0, 0.05) is 37.4 Å². The first kappa shape index (κ1) is 10.6. The number of hydrogen-bond acceptors (Lipinski definition) is 4. The lowest BCUT2D eigenvalue weighted by Gasteiger charge is -2.14. The minimum absolute atomic E-state index is 0.913. The van der Waals surface area contributed by atoms with Gasteiger partial charge in [0.25, 0.3) is 0 Å². The number of aromatic nitrogens is 2. The van der Waals surface area contributed by atoms with E-state index < -0.39 is 0 Å². The zero-order valence-corrected chi connectivity index (χ0v) is 9.92. The summed E-state index contributed by atoms with van der Waals surface area (Å²) in [5, 5.41) is 5.19. The Hall–Kier alpha value is -0.910. The topological polar surface area (TPSA) is 32.6 Å². The van der Waals surface area contributed by atoms with E-state index in [1.165, 1.54) is 0 Å². The molecule has 0 radical (unpaired) electrons. The van der Waals surface area contributed by atoms with Gasteiger partial charge in [0.1, 0.15) is 0 Å². The van der Waals surface area contributed by atoms with E-state index in [-0.39, 0.29) is 0 Å². The lowest BCUT2D eigenvalue weighted by Crippen LogP contribution is -2.27. The van der Waals surface area contributed by atoms with Gasteiger partial charge in [-0.05, 0) is 14.1 Å². The van der Waals surface area contributed by atoms with E-state index in [9.17, 15) is 0 Å². The zero-order chi connectivity index (χ0) is 10.7. The molecule has 0 spiro atoms. The maximum absolute atomic E-state index is 4.54. The molecule has 0 aromatic carbocycles. The van der Waals surface area contributed by atoms with Crippen molar-refractivity contribution in [2.45, 2.75) is 6.54 Å². The highest BCUT2D eigenvalue weighted by Gasteiger charge is 2.05. The van der Waals surface area contributed by atoms with Crippen LogP contribution >= 0.6 is 11.3 Å². The van der Waals surface area contributed by atoms with Crippen LogP contribution in [-0.2, 0) is 6.54 Å². The first-order valence-electron chi connectivity index (χ1n) is 5.04. The molecule has 2 heterocycles. The van der Waals surface area contributed by atoms with E-state index in [0.29, 0.717) is 0 Å². The third-order valence-electron chi connectivity index (χ3n) is 2.32. The number of imidazole rings is 1. The van der Waals surface area contributed by atoms with Crippen molar-refractivity contribution in [2.24, 2.45) is 0 Å². The van der Waals surface area contributed by atoms with E-state index in [1.807, 2.05) is 13.2 Å². The molecule has 0 saturated carbocycles. The molecular weight excluding hydrogens is 208 g/mol. The van der Waals surface area contributed by atoms with Gasteiger partial charge in [-0.15, -0.1) is 11.3 Å². The Bertz CT molecular complexity index is 391. The third kappa shape index (κ3) is 2.56. The van der Waals surface area contributed by atoms with Gasteiger partial charge in [0.05, 0.1) is 5.69 Å². The molecule has 4 nitrogen and oxygen atoms in total. The fraction of sp³-hybridized carbons (Fsp3) is 0.500. The first-order valence-corrected chi connectivity index (χ1v) is 5.92. The molecule has 15 heavy (non-hydrogen) atoms. The monoisotopic (exact) mass is 224 g/mol. The van der Waals surface area contributed by atoms with Gasteiger partial charge >= 0.3 is 0 Å². The Balaban J connectivity index is 1.96. The summed E-state index contributed by atoms with van der Waals surface area (Å²) in [6.45, 7) is 2.97. The summed E-state index contributed by atoms with van der Waals surface area (Å²) in [7, 11) is 4.09. The predicted octanol–water partition coefficient (Wildman–Crippen LogP) is 1.05. The molecule has 0 bridgehead atoms. The second-order valence-corrected chi connectivity index (χ2v) is 4.54. The molecule has 0 atom stereocenters. The fourth-order valence-corrected chi connectivity index (χ4v) is 2.23. The van der Waals surface area contributed by atoms with Crippen molar-refractivity contribution in [3.63, 3.8) is 0 Å². The van der Waals surface area contributed by atoms with Crippen LogP contribution in [0.25, 0.3) is 4.96 Å². The molecular formula is C10H16N4S. The van der Waals surface area contributed by atoms with Gasteiger partial charge in [-0.1, -0.05) is 0 Å². The van der Waals surface area contributed by atoms with Crippen molar-refractivity contribution < 1.29 is 0 Å². The molecule has 82 valence electrons. The number of thiazole rings is 1. The normalized spacial score (nSPS) is 11.7. The number of rotatable bonds is 5. The summed E-state index contributed by atoms with van der Waals surface area (Å²) in [4.78, 5) is 7.88. The van der Waals surface area contributed by atoms with Crippen LogP contribution in [0.15, 0.2) is 17.8 Å². The predicted molar refractivity (Wildman–Crippen MR) is 63.3 cm³/mol. The van der Waals surface area contributed by atoms with Gasteiger partial charge in [-0.25, -0.2) is 4.98 Å². The van der Waals surface area contributed by atoms with Crippen molar-refractivity contribution >= 4 is 16.3 Å². The Kier molecular flexibility index (Phi) is 3.35. The van der Waals surface area contributed by atoms with Crippen LogP contribution in [0.4, 0.5) is 0 Å². The quantitative estimate of drug-likeness (QED) is 0.824. The summed E-state index contributed by atoms with van der Waals surface area (Å²) < 4.78 is 2.08. The highest BCUT2D eigenvalue weighted by molar-refractivity contribution is 7.15. The molecule has 0 aliphatic rings. The largest absolute Gasteiger partial charge is 0.318 e. The lowest BCUT2D eigenvalue weighted by atomic mass is 10.4. The number of nitrogens with one attached hydrogen (secondary N) is 1. The summed E-state index contributed by atoms with van der Waals surface area (Å²) in [6.07, 6.45) is 4.14. The first-order chi connectivity index (χ1) is 7.29. The third-order valence-corrected chi connectivity index (χ3v) is 3.09. The van der Waals surface area contributed by atoms with Crippen LogP contribution in [0.3, 0.4) is 0 Å². The number of fused-ring (bicyclic) bond motifs is 1. The molecule has 1 N–H and O–H groups in total. The van der Waals surface area contributed by atoms with Crippen molar-refractivity contribution in [3.8, 4) is 0 Å².